The standard InChI is InChI=1S/C70H130NO8P/c1-6-8-10-12-14-16-18-20-22-24-26-27-28-29-30-31-32-33-34-35-36-37-38-39-40-41-42-43-45-46-48-50-52-54-56-58-60-62-69(72)76-66-68(67-78-80(74,75)77-65-64-71(3,4)5)79-70(73)63-61-59-57-55-53-51-49-47-44-25-23-21-19-17-15-13-11-9-7-2/h15,17-18,20-21,23-24,26,44,47,68H,6-14,16,19,22,25,27-43,45-46,48-67H2,1-5H3/b17-15-,20-18-,23-21-,26-24-,47-44-. The van der Waals surface area contributed by atoms with E-state index in [1.807, 2.05) is 21.1 Å². The quantitative estimate of drug-likeness (QED) is 0.0195. The summed E-state index contributed by atoms with van der Waals surface area (Å²) in [6, 6.07) is 0. The minimum Gasteiger partial charge on any atom is -0.756 e. The van der Waals surface area contributed by atoms with Crippen molar-refractivity contribution in [1.29, 1.82) is 0 Å². The molecule has 0 fully saturated rings. The number of nitrogens with zero attached hydrogens (tertiary/aromatic N) is 1. The second kappa shape index (κ2) is 61.3. The third kappa shape index (κ3) is 64.9. The maximum absolute atomic E-state index is 12.8. The van der Waals surface area contributed by atoms with Crippen LogP contribution in [0.25, 0.3) is 0 Å². The van der Waals surface area contributed by atoms with Crippen molar-refractivity contribution >= 4 is 19.8 Å². The number of carbonyl (C=O) groups is 2. The highest BCUT2D eigenvalue weighted by Crippen LogP contribution is 2.38. The molecule has 0 rings (SSSR count). The van der Waals surface area contributed by atoms with Crippen molar-refractivity contribution in [2.45, 2.75) is 328 Å². The number of rotatable bonds is 63. The lowest BCUT2D eigenvalue weighted by atomic mass is 10.0. The fourth-order valence-corrected chi connectivity index (χ4v) is 10.5. The molecule has 2 unspecified atom stereocenters. The number of ether oxygens (including phenoxy) is 2. The molecule has 0 radical (unpaired) electrons. The van der Waals surface area contributed by atoms with Crippen molar-refractivity contribution < 1.29 is 42.1 Å². The Bertz CT molecular complexity index is 1530. The summed E-state index contributed by atoms with van der Waals surface area (Å²) in [5, 5.41) is 0. The first kappa shape index (κ1) is 77.7. The summed E-state index contributed by atoms with van der Waals surface area (Å²) in [6.45, 7) is 4.22. The molecule has 0 aromatic carbocycles. The molecular weight excluding hydrogens is 1010 g/mol. The number of hydrogen-bond donors (Lipinski definition) is 0. The average molecular weight is 1140 g/mol. The minimum absolute atomic E-state index is 0.0337. The Kier molecular flexibility index (Phi) is 59.5. The number of quaternary nitrogens is 1. The molecule has 0 amide bonds. The van der Waals surface area contributed by atoms with Crippen LogP contribution in [0.5, 0.6) is 0 Å². The summed E-state index contributed by atoms with van der Waals surface area (Å²) < 4.78 is 34.2. The van der Waals surface area contributed by atoms with Crippen LogP contribution in [0, 0.1) is 0 Å². The summed E-state index contributed by atoms with van der Waals surface area (Å²) in [6.07, 6.45) is 80.2. The number of carbonyl (C=O) groups excluding carboxylic acids is 2. The lowest BCUT2D eigenvalue weighted by Crippen LogP contribution is -2.37. The van der Waals surface area contributed by atoms with Crippen LogP contribution >= 0.6 is 7.82 Å². The monoisotopic (exact) mass is 1140 g/mol. The Morgan fingerprint density at radius 1 is 0.388 bits per heavy atom. The van der Waals surface area contributed by atoms with Gasteiger partial charge in [-0.25, -0.2) is 0 Å². The van der Waals surface area contributed by atoms with Crippen LogP contribution in [-0.4, -0.2) is 70.0 Å². The number of allylic oxidation sites excluding steroid dienone is 10. The summed E-state index contributed by atoms with van der Waals surface area (Å²) in [5.41, 5.74) is 0. The van der Waals surface area contributed by atoms with E-state index in [0.717, 1.165) is 77.0 Å². The molecular formula is C70H130NO8P. The highest BCUT2D eigenvalue weighted by Gasteiger charge is 2.22. The molecule has 0 heterocycles. The van der Waals surface area contributed by atoms with Gasteiger partial charge in [-0.1, -0.05) is 286 Å². The van der Waals surface area contributed by atoms with Crippen molar-refractivity contribution in [1.82, 2.24) is 0 Å². The van der Waals surface area contributed by atoms with Gasteiger partial charge in [0.2, 0.25) is 0 Å². The topological polar surface area (TPSA) is 111 Å². The predicted octanol–water partition coefficient (Wildman–Crippen LogP) is 21.2. The molecule has 0 aromatic heterocycles. The summed E-state index contributed by atoms with van der Waals surface area (Å²) in [5.74, 6) is -0.836. The van der Waals surface area contributed by atoms with Gasteiger partial charge in [0.05, 0.1) is 27.7 Å². The van der Waals surface area contributed by atoms with Crippen LogP contribution in [0.1, 0.15) is 322 Å². The van der Waals surface area contributed by atoms with Gasteiger partial charge in [-0.3, -0.25) is 14.2 Å². The van der Waals surface area contributed by atoms with Crippen LogP contribution in [0.4, 0.5) is 0 Å². The van der Waals surface area contributed by atoms with E-state index < -0.39 is 26.5 Å². The van der Waals surface area contributed by atoms with E-state index in [1.165, 1.54) is 212 Å². The lowest BCUT2D eigenvalue weighted by Gasteiger charge is -2.28. The van der Waals surface area contributed by atoms with Crippen molar-refractivity contribution in [3.05, 3.63) is 60.8 Å². The van der Waals surface area contributed by atoms with Gasteiger partial charge in [-0.05, 0) is 83.5 Å². The molecule has 0 spiro atoms. The van der Waals surface area contributed by atoms with Crippen LogP contribution in [0.2, 0.25) is 0 Å². The summed E-state index contributed by atoms with van der Waals surface area (Å²) in [4.78, 5) is 38.0. The van der Waals surface area contributed by atoms with Gasteiger partial charge >= 0.3 is 11.9 Å². The van der Waals surface area contributed by atoms with Gasteiger partial charge < -0.3 is 27.9 Å². The van der Waals surface area contributed by atoms with E-state index in [4.69, 9.17) is 18.5 Å². The Hall–Kier alpha value is -2.29. The van der Waals surface area contributed by atoms with Crippen molar-refractivity contribution in [2.75, 3.05) is 47.5 Å². The normalized spacial score (nSPS) is 13.5. The van der Waals surface area contributed by atoms with Gasteiger partial charge in [0, 0.05) is 12.8 Å². The van der Waals surface area contributed by atoms with Crippen molar-refractivity contribution in [2.24, 2.45) is 0 Å². The van der Waals surface area contributed by atoms with Gasteiger partial charge in [-0.15, -0.1) is 0 Å². The number of phosphoric acid groups is 1. The second-order valence-corrected chi connectivity index (χ2v) is 25.6. The molecule has 80 heavy (non-hydrogen) atoms. The third-order valence-corrected chi connectivity index (χ3v) is 16.0. The molecule has 0 N–H and O–H groups in total. The highest BCUT2D eigenvalue weighted by atomic mass is 31.2. The van der Waals surface area contributed by atoms with E-state index in [-0.39, 0.29) is 32.0 Å². The molecule has 0 saturated carbocycles. The molecule has 0 aliphatic carbocycles. The third-order valence-electron chi connectivity index (χ3n) is 15.0. The van der Waals surface area contributed by atoms with E-state index in [1.54, 1.807) is 0 Å². The largest absolute Gasteiger partial charge is 0.756 e. The Balaban J connectivity index is 3.95. The number of likely N-dealkylation sites (N-methyl/N-ethyl adjacent to an activating group) is 1. The van der Waals surface area contributed by atoms with E-state index >= 15 is 0 Å². The van der Waals surface area contributed by atoms with Gasteiger partial charge in [-0.2, -0.15) is 0 Å². The predicted molar refractivity (Wildman–Crippen MR) is 342 cm³/mol. The van der Waals surface area contributed by atoms with Crippen molar-refractivity contribution in [3.8, 4) is 0 Å². The zero-order valence-electron chi connectivity index (χ0n) is 53.3. The van der Waals surface area contributed by atoms with Gasteiger partial charge in [0.25, 0.3) is 7.82 Å². The fraction of sp³-hybridized carbons (Fsp3) is 0.829. The summed E-state index contributed by atoms with van der Waals surface area (Å²) in [7, 11) is 1.16. The lowest BCUT2D eigenvalue weighted by molar-refractivity contribution is -0.870. The second-order valence-electron chi connectivity index (χ2n) is 24.2. The molecule has 0 bridgehead atoms. The van der Waals surface area contributed by atoms with Crippen molar-refractivity contribution in [3.63, 3.8) is 0 Å². The number of phosphoric ester groups is 1. The Morgan fingerprint density at radius 3 is 1.02 bits per heavy atom. The molecule has 9 nitrogen and oxygen atoms in total. The SMILES string of the molecule is CCCCC/C=C\C/C=C\C/C=C\CCCCCCCCC(=O)OC(COC(=O)CCCCCCCCCCCCCCCCCCCCCCCCCCC/C=C\C/C=C\CCCCCCC)COP(=O)([O-])OCC[N+](C)(C)C. The van der Waals surface area contributed by atoms with Gasteiger partial charge in [0.1, 0.15) is 19.8 Å². The maximum Gasteiger partial charge on any atom is 0.306 e. The van der Waals surface area contributed by atoms with E-state index in [9.17, 15) is 19.0 Å². The molecule has 0 aliphatic rings. The van der Waals surface area contributed by atoms with Crippen LogP contribution in [0.3, 0.4) is 0 Å². The zero-order chi connectivity index (χ0) is 58.4. The Labute approximate surface area is 496 Å². The van der Waals surface area contributed by atoms with E-state index in [2.05, 4.69) is 74.6 Å². The summed E-state index contributed by atoms with van der Waals surface area (Å²) >= 11 is 0. The number of unbranched alkanes of at least 4 members (excludes halogenated alkanes) is 39. The molecule has 2 atom stereocenters. The van der Waals surface area contributed by atoms with Gasteiger partial charge in [0.15, 0.2) is 6.10 Å². The molecule has 0 aromatic rings. The highest BCUT2D eigenvalue weighted by molar-refractivity contribution is 7.45. The molecule has 468 valence electrons. The first-order valence-electron chi connectivity index (χ1n) is 34.0. The Morgan fingerprint density at radius 2 is 0.675 bits per heavy atom. The van der Waals surface area contributed by atoms with Crippen LogP contribution in [0.15, 0.2) is 60.8 Å². The average Bonchev–Trinajstić information content (AvgIpc) is 3.42. The maximum atomic E-state index is 12.8. The number of hydrogen-bond acceptors (Lipinski definition) is 8. The smallest absolute Gasteiger partial charge is 0.306 e. The minimum atomic E-state index is -4.64. The van der Waals surface area contributed by atoms with E-state index in [0.29, 0.717) is 17.4 Å². The molecule has 10 heteroatoms. The molecule has 0 aliphatic heterocycles. The number of esters is 2. The van der Waals surface area contributed by atoms with Crippen LogP contribution in [-0.2, 0) is 32.7 Å². The van der Waals surface area contributed by atoms with Crippen LogP contribution < -0.4 is 4.89 Å². The first-order valence-corrected chi connectivity index (χ1v) is 35.5. The molecule has 0 saturated heterocycles. The first-order chi connectivity index (χ1) is 39.0. The zero-order valence-corrected chi connectivity index (χ0v) is 54.2. The fourth-order valence-electron chi connectivity index (χ4n) is 9.76.